The number of hydrogen-bond acceptors (Lipinski definition) is 3. The van der Waals surface area contributed by atoms with Crippen molar-refractivity contribution in [2.75, 3.05) is 20.2 Å². The second-order valence-electron chi connectivity index (χ2n) is 5.18. The third-order valence-corrected chi connectivity index (χ3v) is 3.00. The first-order valence-corrected chi connectivity index (χ1v) is 6.47. The first-order valence-electron chi connectivity index (χ1n) is 6.47. The second-order valence-corrected chi connectivity index (χ2v) is 5.18. The highest BCUT2D eigenvalue weighted by atomic mass is 16.5. The quantitative estimate of drug-likeness (QED) is 0.648. The van der Waals surface area contributed by atoms with E-state index in [4.69, 9.17) is 10.5 Å². The van der Waals surface area contributed by atoms with Crippen molar-refractivity contribution in [1.82, 2.24) is 5.32 Å². The Labute approximate surface area is 105 Å². The fraction of sp³-hybridized carbons (Fsp3) is 0.923. The molecule has 0 radical (unpaired) electrons. The Kier molecular flexibility index (Phi) is 8.17. The SMILES string of the molecule is CCCC(CCN)CNC(=O)CC(C)(C)OC. The van der Waals surface area contributed by atoms with Gasteiger partial charge >= 0.3 is 0 Å². The van der Waals surface area contributed by atoms with Crippen LogP contribution in [0.4, 0.5) is 0 Å². The maximum Gasteiger partial charge on any atom is 0.222 e. The zero-order valence-corrected chi connectivity index (χ0v) is 11.7. The Bertz CT molecular complexity index is 211. The first kappa shape index (κ1) is 16.4. The number of nitrogens with one attached hydrogen (secondary N) is 1. The minimum absolute atomic E-state index is 0.0509. The third-order valence-electron chi connectivity index (χ3n) is 3.00. The molecular formula is C13H28N2O2. The lowest BCUT2D eigenvalue weighted by Crippen LogP contribution is -2.36. The molecule has 0 saturated heterocycles. The lowest BCUT2D eigenvalue weighted by Gasteiger charge is -2.23. The number of rotatable bonds is 9. The lowest BCUT2D eigenvalue weighted by molar-refractivity contribution is -0.126. The Balaban J connectivity index is 3.95. The van der Waals surface area contributed by atoms with E-state index in [0.717, 1.165) is 25.8 Å². The summed E-state index contributed by atoms with van der Waals surface area (Å²) in [5, 5.41) is 2.97. The normalized spacial score (nSPS) is 13.5. The summed E-state index contributed by atoms with van der Waals surface area (Å²) in [4.78, 5) is 11.7. The van der Waals surface area contributed by atoms with E-state index in [1.165, 1.54) is 0 Å². The predicted molar refractivity (Wildman–Crippen MR) is 70.8 cm³/mol. The Morgan fingerprint density at radius 2 is 2.06 bits per heavy atom. The van der Waals surface area contributed by atoms with Gasteiger partial charge in [-0.15, -0.1) is 0 Å². The fourth-order valence-electron chi connectivity index (χ4n) is 1.77. The van der Waals surface area contributed by atoms with Crippen LogP contribution in [0.25, 0.3) is 0 Å². The average molecular weight is 244 g/mol. The Hall–Kier alpha value is -0.610. The molecule has 0 aromatic rings. The summed E-state index contributed by atoms with van der Waals surface area (Å²) in [7, 11) is 1.63. The molecule has 102 valence electrons. The molecule has 0 saturated carbocycles. The van der Waals surface area contributed by atoms with Crippen LogP contribution in [-0.2, 0) is 9.53 Å². The minimum atomic E-state index is -0.391. The van der Waals surface area contributed by atoms with E-state index in [-0.39, 0.29) is 5.91 Å². The van der Waals surface area contributed by atoms with Gasteiger partial charge in [0, 0.05) is 13.7 Å². The maximum absolute atomic E-state index is 11.7. The van der Waals surface area contributed by atoms with E-state index >= 15 is 0 Å². The van der Waals surface area contributed by atoms with Crippen molar-refractivity contribution in [2.24, 2.45) is 11.7 Å². The van der Waals surface area contributed by atoms with E-state index in [9.17, 15) is 4.79 Å². The van der Waals surface area contributed by atoms with Crippen LogP contribution >= 0.6 is 0 Å². The zero-order chi connectivity index (χ0) is 13.3. The Morgan fingerprint density at radius 1 is 1.41 bits per heavy atom. The molecule has 0 aromatic carbocycles. The maximum atomic E-state index is 11.7. The first-order chi connectivity index (χ1) is 7.95. The van der Waals surface area contributed by atoms with Crippen LogP contribution in [0.1, 0.15) is 46.5 Å². The van der Waals surface area contributed by atoms with E-state index in [1.807, 2.05) is 13.8 Å². The monoisotopic (exact) mass is 244 g/mol. The van der Waals surface area contributed by atoms with Gasteiger partial charge in [0.25, 0.3) is 0 Å². The summed E-state index contributed by atoms with van der Waals surface area (Å²) in [6, 6.07) is 0. The van der Waals surface area contributed by atoms with Gasteiger partial charge in [0.05, 0.1) is 12.0 Å². The van der Waals surface area contributed by atoms with Crippen molar-refractivity contribution in [1.29, 1.82) is 0 Å². The smallest absolute Gasteiger partial charge is 0.222 e. The highest BCUT2D eigenvalue weighted by Crippen LogP contribution is 2.13. The van der Waals surface area contributed by atoms with E-state index in [1.54, 1.807) is 7.11 Å². The van der Waals surface area contributed by atoms with Crippen molar-refractivity contribution in [3.05, 3.63) is 0 Å². The number of amides is 1. The van der Waals surface area contributed by atoms with Crippen LogP contribution in [0.5, 0.6) is 0 Å². The molecule has 0 bridgehead atoms. The molecule has 0 aliphatic rings. The molecule has 0 aliphatic carbocycles. The molecule has 0 aliphatic heterocycles. The molecule has 1 unspecified atom stereocenters. The summed E-state index contributed by atoms with van der Waals surface area (Å²) in [6.45, 7) is 7.39. The van der Waals surface area contributed by atoms with Crippen LogP contribution in [0.3, 0.4) is 0 Å². The van der Waals surface area contributed by atoms with Gasteiger partial charge < -0.3 is 15.8 Å². The standard InChI is InChI=1S/C13H28N2O2/c1-5-6-11(7-8-14)10-15-12(16)9-13(2,3)17-4/h11H,5-10,14H2,1-4H3,(H,15,16). The number of carbonyl (C=O) groups is 1. The lowest BCUT2D eigenvalue weighted by atomic mass is 9.99. The molecular weight excluding hydrogens is 216 g/mol. The summed E-state index contributed by atoms with van der Waals surface area (Å²) < 4.78 is 5.23. The molecule has 1 amide bonds. The Morgan fingerprint density at radius 3 is 2.53 bits per heavy atom. The van der Waals surface area contributed by atoms with Gasteiger partial charge in [-0.2, -0.15) is 0 Å². The fourth-order valence-corrected chi connectivity index (χ4v) is 1.77. The van der Waals surface area contributed by atoms with Gasteiger partial charge in [-0.25, -0.2) is 0 Å². The van der Waals surface area contributed by atoms with Gasteiger partial charge in [-0.1, -0.05) is 13.3 Å². The van der Waals surface area contributed by atoms with Crippen LogP contribution < -0.4 is 11.1 Å². The number of ether oxygens (including phenoxy) is 1. The van der Waals surface area contributed by atoms with Crippen molar-refractivity contribution in [3.63, 3.8) is 0 Å². The van der Waals surface area contributed by atoms with Crippen molar-refractivity contribution >= 4 is 5.91 Å². The molecule has 0 aromatic heterocycles. The molecule has 0 heterocycles. The van der Waals surface area contributed by atoms with Gasteiger partial charge in [0.2, 0.25) is 5.91 Å². The topological polar surface area (TPSA) is 64.3 Å². The second kappa shape index (κ2) is 8.48. The predicted octanol–water partition coefficient (Wildman–Crippen LogP) is 1.68. The minimum Gasteiger partial charge on any atom is -0.378 e. The summed E-state index contributed by atoms with van der Waals surface area (Å²) in [5.74, 6) is 0.551. The van der Waals surface area contributed by atoms with Crippen molar-refractivity contribution < 1.29 is 9.53 Å². The van der Waals surface area contributed by atoms with Gasteiger partial charge in [-0.05, 0) is 39.2 Å². The molecule has 0 spiro atoms. The van der Waals surface area contributed by atoms with Crippen molar-refractivity contribution in [2.45, 2.75) is 52.1 Å². The molecule has 17 heavy (non-hydrogen) atoms. The van der Waals surface area contributed by atoms with Gasteiger partial charge in [0.1, 0.15) is 0 Å². The van der Waals surface area contributed by atoms with E-state index < -0.39 is 5.60 Å². The average Bonchev–Trinajstić information content (AvgIpc) is 2.26. The highest BCUT2D eigenvalue weighted by Gasteiger charge is 2.21. The molecule has 4 nitrogen and oxygen atoms in total. The molecule has 0 rings (SSSR count). The van der Waals surface area contributed by atoms with E-state index in [2.05, 4.69) is 12.2 Å². The number of carbonyl (C=O) groups excluding carboxylic acids is 1. The number of methoxy groups -OCH3 is 1. The molecule has 0 fully saturated rings. The van der Waals surface area contributed by atoms with Crippen LogP contribution in [0, 0.1) is 5.92 Å². The summed E-state index contributed by atoms with van der Waals surface area (Å²) in [5.41, 5.74) is 5.17. The molecule has 3 N–H and O–H groups in total. The van der Waals surface area contributed by atoms with Crippen LogP contribution in [0.15, 0.2) is 0 Å². The zero-order valence-electron chi connectivity index (χ0n) is 11.7. The number of hydrogen-bond donors (Lipinski definition) is 2. The summed E-state index contributed by atoms with van der Waals surface area (Å²) >= 11 is 0. The third kappa shape index (κ3) is 8.16. The van der Waals surface area contributed by atoms with Gasteiger partial charge in [0.15, 0.2) is 0 Å². The van der Waals surface area contributed by atoms with Crippen molar-refractivity contribution in [3.8, 4) is 0 Å². The number of nitrogens with two attached hydrogens (primary N) is 1. The van der Waals surface area contributed by atoms with Crippen LogP contribution in [-0.4, -0.2) is 31.7 Å². The van der Waals surface area contributed by atoms with Gasteiger partial charge in [-0.3, -0.25) is 4.79 Å². The van der Waals surface area contributed by atoms with E-state index in [0.29, 0.717) is 18.9 Å². The highest BCUT2D eigenvalue weighted by molar-refractivity contribution is 5.76. The molecule has 1 atom stereocenters. The largest absolute Gasteiger partial charge is 0.378 e. The van der Waals surface area contributed by atoms with Crippen LogP contribution in [0.2, 0.25) is 0 Å². The summed E-state index contributed by atoms with van der Waals surface area (Å²) in [6.07, 6.45) is 3.61. The molecule has 4 heteroatoms.